The average molecular weight is 504 g/mol. The van der Waals surface area contributed by atoms with Gasteiger partial charge in [-0.2, -0.15) is 0 Å². The van der Waals surface area contributed by atoms with Crippen LogP contribution in [0.25, 0.3) is 0 Å². The number of hydrogen-bond donors (Lipinski definition) is 1. The maximum Gasteiger partial charge on any atom is 0.224 e. The summed E-state index contributed by atoms with van der Waals surface area (Å²) >= 11 is 5.91. The Kier molecular flexibility index (Phi) is 8.64. The van der Waals surface area contributed by atoms with Crippen molar-refractivity contribution in [1.82, 2.24) is 14.5 Å². The Labute approximate surface area is 208 Å². The van der Waals surface area contributed by atoms with E-state index in [1.807, 2.05) is 12.1 Å². The Morgan fingerprint density at radius 2 is 1.68 bits per heavy atom. The number of nitrogens with one attached hydrogen (secondary N) is 1. The molecular formula is C26H34ClN3O3S. The molecule has 34 heavy (non-hydrogen) atoms. The topological polar surface area (TPSA) is 69.7 Å². The van der Waals surface area contributed by atoms with Crippen LogP contribution >= 0.6 is 11.6 Å². The Bertz CT molecular complexity index is 1070. The summed E-state index contributed by atoms with van der Waals surface area (Å²) < 4.78 is 27.4. The molecular weight excluding hydrogens is 470 g/mol. The molecule has 2 saturated heterocycles. The highest BCUT2D eigenvalue weighted by molar-refractivity contribution is 7.88. The van der Waals surface area contributed by atoms with E-state index in [1.54, 1.807) is 24.3 Å². The SMILES string of the molecule is O=C(NCc1cccc(CN2CCCCC2)c1)C1CCCN(S(=O)(=O)Cc2ccc(Cl)cc2)C1. The molecule has 1 amide bonds. The third kappa shape index (κ3) is 7.04. The number of carbonyl (C=O) groups excluding carboxylic acids is 1. The number of halogens is 1. The maximum absolute atomic E-state index is 12.9. The van der Waals surface area contributed by atoms with Gasteiger partial charge in [0.1, 0.15) is 0 Å². The second kappa shape index (κ2) is 11.7. The molecule has 4 rings (SSSR count). The lowest BCUT2D eigenvalue weighted by atomic mass is 9.98. The van der Waals surface area contributed by atoms with Crippen LogP contribution in [0.15, 0.2) is 48.5 Å². The van der Waals surface area contributed by atoms with Crippen LogP contribution in [0.3, 0.4) is 0 Å². The third-order valence-electron chi connectivity index (χ3n) is 6.72. The van der Waals surface area contributed by atoms with E-state index in [1.165, 1.54) is 29.1 Å². The summed E-state index contributed by atoms with van der Waals surface area (Å²) in [5, 5.41) is 3.62. The summed E-state index contributed by atoms with van der Waals surface area (Å²) in [6.07, 6.45) is 5.24. The van der Waals surface area contributed by atoms with Crippen LogP contribution in [0.5, 0.6) is 0 Å². The molecule has 0 saturated carbocycles. The van der Waals surface area contributed by atoms with Crippen molar-refractivity contribution in [3.8, 4) is 0 Å². The van der Waals surface area contributed by atoms with Gasteiger partial charge >= 0.3 is 0 Å². The van der Waals surface area contributed by atoms with Gasteiger partial charge in [-0.05, 0) is 67.6 Å². The summed E-state index contributed by atoms with van der Waals surface area (Å²) in [5.41, 5.74) is 3.04. The first-order chi connectivity index (χ1) is 16.4. The number of piperidine rings is 2. The van der Waals surface area contributed by atoms with Gasteiger partial charge in [-0.3, -0.25) is 9.69 Å². The molecule has 6 nitrogen and oxygen atoms in total. The summed E-state index contributed by atoms with van der Waals surface area (Å²) in [7, 11) is -3.50. The van der Waals surface area contributed by atoms with Gasteiger partial charge in [-0.25, -0.2) is 12.7 Å². The van der Waals surface area contributed by atoms with Crippen molar-refractivity contribution in [2.75, 3.05) is 26.2 Å². The van der Waals surface area contributed by atoms with Crippen molar-refractivity contribution >= 4 is 27.5 Å². The van der Waals surface area contributed by atoms with Crippen LogP contribution in [0.1, 0.15) is 48.8 Å². The number of sulfonamides is 1. The maximum atomic E-state index is 12.9. The molecule has 2 aromatic carbocycles. The molecule has 0 radical (unpaired) electrons. The van der Waals surface area contributed by atoms with Gasteiger partial charge in [0.15, 0.2) is 0 Å². The monoisotopic (exact) mass is 503 g/mol. The first-order valence-electron chi connectivity index (χ1n) is 12.2. The summed E-state index contributed by atoms with van der Waals surface area (Å²) in [6.45, 7) is 4.40. The van der Waals surface area contributed by atoms with Crippen LogP contribution in [-0.2, 0) is 33.7 Å². The van der Waals surface area contributed by atoms with Gasteiger partial charge in [0.25, 0.3) is 0 Å². The predicted octanol–water partition coefficient (Wildman–Crippen LogP) is 4.18. The lowest BCUT2D eigenvalue weighted by Crippen LogP contribution is -2.45. The minimum absolute atomic E-state index is 0.0761. The fourth-order valence-corrected chi connectivity index (χ4v) is 6.58. The van der Waals surface area contributed by atoms with E-state index in [-0.39, 0.29) is 24.1 Å². The van der Waals surface area contributed by atoms with Gasteiger partial charge in [-0.15, -0.1) is 0 Å². The quantitative estimate of drug-likeness (QED) is 0.586. The van der Waals surface area contributed by atoms with E-state index in [2.05, 4.69) is 22.3 Å². The number of benzene rings is 2. The first-order valence-corrected chi connectivity index (χ1v) is 14.2. The molecule has 184 valence electrons. The van der Waals surface area contributed by atoms with Crippen molar-refractivity contribution in [3.05, 3.63) is 70.2 Å². The average Bonchev–Trinajstić information content (AvgIpc) is 2.85. The Balaban J connectivity index is 1.30. The van der Waals surface area contributed by atoms with Gasteiger partial charge < -0.3 is 5.32 Å². The van der Waals surface area contributed by atoms with Crippen molar-refractivity contribution in [1.29, 1.82) is 0 Å². The number of carbonyl (C=O) groups is 1. The highest BCUT2D eigenvalue weighted by Gasteiger charge is 2.32. The number of likely N-dealkylation sites (tertiary alicyclic amines) is 1. The Morgan fingerprint density at radius 1 is 0.941 bits per heavy atom. The minimum atomic E-state index is -3.50. The highest BCUT2D eigenvalue weighted by Crippen LogP contribution is 2.22. The smallest absolute Gasteiger partial charge is 0.224 e. The third-order valence-corrected chi connectivity index (χ3v) is 8.79. The number of rotatable bonds is 8. The van der Waals surface area contributed by atoms with E-state index in [9.17, 15) is 13.2 Å². The molecule has 2 aliphatic heterocycles. The molecule has 0 spiro atoms. The largest absolute Gasteiger partial charge is 0.352 e. The summed E-state index contributed by atoms with van der Waals surface area (Å²) in [4.78, 5) is 15.4. The number of hydrogen-bond acceptors (Lipinski definition) is 4. The van der Waals surface area contributed by atoms with Gasteiger partial charge in [0.05, 0.1) is 11.7 Å². The molecule has 2 aliphatic rings. The van der Waals surface area contributed by atoms with E-state index < -0.39 is 10.0 Å². The minimum Gasteiger partial charge on any atom is -0.352 e. The predicted molar refractivity (Wildman–Crippen MR) is 136 cm³/mol. The zero-order valence-corrected chi connectivity index (χ0v) is 21.2. The zero-order chi connectivity index (χ0) is 24.0. The molecule has 1 atom stereocenters. The highest BCUT2D eigenvalue weighted by atomic mass is 35.5. The molecule has 0 aromatic heterocycles. The fourth-order valence-electron chi connectivity index (χ4n) is 4.84. The molecule has 1 unspecified atom stereocenters. The van der Waals surface area contributed by atoms with Crippen molar-refractivity contribution in [3.63, 3.8) is 0 Å². The second-order valence-electron chi connectivity index (χ2n) is 9.45. The van der Waals surface area contributed by atoms with Crippen molar-refractivity contribution in [2.24, 2.45) is 5.92 Å². The van der Waals surface area contributed by atoms with Crippen molar-refractivity contribution in [2.45, 2.75) is 50.9 Å². The number of amides is 1. The van der Waals surface area contributed by atoms with Gasteiger partial charge in [0, 0.05) is 31.2 Å². The van der Waals surface area contributed by atoms with Gasteiger partial charge in [0.2, 0.25) is 15.9 Å². The lowest BCUT2D eigenvalue weighted by Gasteiger charge is -2.31. The Morgan fingerprint density at radius 3 is 2.44 bits per heavy atom. The van der Waals surface area contributed by atoms with Crippen LogP contribution in [0.2, 0.25) is 5.02 Å². The molecule has 0 aliphatic carbocycles. The molecule has 2 aromatic rings. The molecule has 0 bridgehead atoms. The summed E-state index contributed by atoms with van der Waals surface area (Å²) in [6, 6.07) is 15.2. The van der Waals surface area contributed by atoms with Crippen molar-refractivity contribution < 1.29 is 13.2 Å². The van der Waals surface area contributed by atoms with E-state index in [0.29, 0.717) is 36.5 Å². The fraction of sp³-hybridized carbons (Fsp3) is 0.500. The van der Waals surface area contributed by atoms with E-state index in [0.717, 1.165) is 25.2 Å². The van der Waals surface area contributed by atoms with Crippen LogP contribution in [0, 0.1) is 5.92 Å². The second-order valence-corrected chi connectivity index (χ2v) is 11.9. The molecule has 8 heteroatoms. The van der Waals surface area contributed by atoms with Gasteiger partial charge in [-0.1, -0.05) is 54.4 Å². The summed E-state index contributed by atoms with van der Waals surface area (Å²) in [5.74, 6) is -0.486. The Hall–Kier alpha value is -1.93. The molecule has 2 fully saturated rings. The van der Waals surface area contributed by atoms with Crippen LogP contribution < -0.4 is 5.32 Å². The van der Waals surface area contributed by atoms with Crippen LogP contribution in [-0.4, -0.2) is 49.7 Å². The molecule has 1 N–H and O–H groups in total. The number of nitrogens with zero attached hydrogens (tertiary/aromatic N) is 2. The van der Waals surface area contributed by atoms with E-state index >= 15 is 0 Å². The van der Waals surface area contributed by atoms with E-state index in [4.69, 9.17) is 11.6 Å². The standard InChI is InChI=1S/C26H34ClN3O3S/c27-25-11-9-21(10-12-25)20-34(32,33)30-15-5-8-24(19-30)26(31)28-17-22-6-4-7-23(16-22)18-29-13-2-1-3-14-29/h4,6-7,9-12,16,24H,1-3,5,8,13-15,17-20H2,(H,28,31). The van der Waals surface area contributed by atoms with Crippen LogP contribution in [0.4, 0.5) is 0 Å². The lowest BCUT2D eigenvalue weighted by molar-refractivity contribution is -0.126. The zero-order valence-electron chi connectivity index (χ0n) is 19.6. The first kappa shape index (κ1) is 25.2. The normalized spacial score (nSPS) is 20.2. The molecule has 2 heterocycles.